The van der Waals surface area contributed by atoms with Gasteiger partial charge in [-0.25, -0.2) is 4.79 Å². The second-order valence-corrected chi connectivity index (χ2v) is 3.48. The maximum absolute atomic E-state index is 12.4. The summed E-state index contributed by atoms with van der Waals surface area (Å²) in [6.45, 7) is 1.25. The second kappa shape index (κ2) is 6.08. The van der Waals surface area contributed by atoms with Gasteiger partial charge in [0, 0.05) is 0 Å². The molecule has 7 nitrogen and oxygen atoms in total. The first-order valence-electron chi connectivity index (χ1n) is 5.35. The number of halogens is 3. The zero-order valence-electron chi connectivity index (χ0n) is 10.4. The van der Waals surface area contributed by atoms with Gasteiger partial charge in [-0.15, -0.1) is 13.2 Å². The minimum absolute atomic E-state index is 0.155. The summed E-state index contributed by atoms with van der Waals surface area (Å²) in [5, 5.41) is 19.6. The van der Waals surface area contributed by atoms with E-state index in [4.69, 9.17) is 5.26 Å². The lowest BCUT2D eigenvalue weighted by Crippen LogP contribution is -2.21. The fourth-order valence-corrected chi connectivity index (χ4v) is 1.43. The van der Waals surface area contributed by atoms with Crippen LogP contribution in [0.4, 0.5) is 18.9 Å². The number of carbonyl (C=O) groups is 1. The Morgan fingerprint density at radius 2 is 2.10 bits per heavy atom. The molecule has 0 unspecified atom stereocenters. The van der Waals surface area contributed by atoms with Gasteiger partial charge in [0.15, 0.2) is 0 Å². The van der Waals surface area contributed by atoms with Gasteiger partial charge < -0.3 is 9.47 Å². The molecular formula is C11H7F3N2O5. The number of benzene rings is 1. The number of ether oxygens (including phenoxy) is 2. The van der Waals surface area contributed by atoms with E-state index < -0.39 is 39.8 Å². The van der Waals surface area contributed by atoms with Gasteiger partial charge in [-0.3, -0.25) is 10.1 Å². The highest BCUT2D eigenvalue weighted by atomic mass is 19.4. The Hall–Kier alpha value is -2.83. The molecule has 21 heavy (non-hydrogen) atoms. The highest BCUT2D eigenvalue weighted by Crippen LogP contribution is 2.38. The summed E-state index contributed by atoms with van der Waals surface area (Å²) in [4.78, 5) is 21.2. The number of carbonyl (C=O) groups excluding carboxylic acids is 1. The molecule has 0 spiro atoms. The average Bonchev–Trinajstić information content (AvgIpc) is 2.35. The topological polar surface area (TPSA) is 102 Å². The number of esters is 1. The van der Waals surface area contributed by atoms with E-state index >= 15 is 0 Å². The summed E-state index contributed by atoms with van der Waals surface area (Å²) in [6, 6.07) is 3.00. The minimum Gasteiger partial charge on any atom is -0.462 e. The summed E-state index contributed by atoms with van der Waals surface area (Å²) in [7, 11) is 0. The van der Waals surface area contributed by atoms with E-state index in [0.717, 1.165) is 12.1 Å². The highest BCUT2D eigenvalue weighted by Gasteiger charge is 2.39. The summed E-state index contributed by atoms with van der Waals surface area (Å²) in [6.07, 6.45) is -5.28. The van der Waals surface area contributed by atoms with Crippen molar-refractivity contribution in [3.63, 3.8) is 0 Å². The Morgan fingerprint density at radius 1 is 1.48 bits per heavy atom. The maximum Gasteiger partial charge on any atom is 0.573 e. The summed E-state index contributed by atoms with van der Waals surface area (Å²) >= 11 is 0. The van der Waals surface area contributed by atoms with Gasteiger partial charge in [0.25, 0.3) is 0 Å². The number of nitro benzene ring substituents is 1. The number of rotatable bonds is 4. The summed E-state index contributed by atoms with van der Waals surface area (Å²) in [5.74, 6) is -2.60. The Bertz CT molecular complexity index is 622. The van der Waals surface area contributed by atoms with E-state index in [-0.39, 0.29) is 6.61 Å². The van der Waals surface area contributed by atoms with Crippen molar-refractivity contribution < 1.29 is 32.4 Å². The third-order valence-corrected chi connectivity index (χ3v) is 2.15. The van der Waals surface area contributed by atoms with Crippen molar-refractivity contribution in [2.45, 2.75) is 13.3 Å². The predicted molar refractivity (Wildman–Crippen MR) is 60.5 cm³/mol. The van der Waals surface area contributed by atoms with Crippen LogP contribution in [0, 0.1) is 21.4 Å². The molecular weight excluding hydrogens is 297 g/mol. The molecule has 0 N–H and O–H groups in total. The van der Waals surface area contributed by atoms with Crippen molar-refractivity contribution in [3.05, 3.63) is 33.4 Å². The number of hydrogen-bond donors (Lipinski definition) is 0. The van der Waals surface area contributed by atoms with Gasteiger partial charge in [0.05, 0.1) is 11.5 Å². The standard InChI is InChI=1S/C11H7F3N2O5/c1-2-20-10(17)7-4-3-6(5-15)8(16(18)19)9(7)21-11(12,13)14/h3-4H,2H2,1H3. The first-order valence-corrected chi connectivity index (χ1v) is 5.35. The number of nitriles is 1. The van der Waals surface area contributed by atoms with Crippen LogP contribution >= 0.6 is 0 Å². The second-order valence-electron chi connectivity index (χ2n) is 3.48. The number of alkyl halides is 3. The molecule has 0 aliphatic carbocycles. The van der Waals surface area contributed by atoms with E-state index in [0.29, 0.717) is 0 Å². The fraction of sp³-hybridized carbons (Fsp3) is 0.273. The van der Waals surface area contributed by atoms with Gasteiger partial charge >= 0.3 is 18.0 Å². The Labute approximate surface area is 115 Å². The van der Waals surface area contributed by atoms with Gasteiger partial charge in [0.2, 0.25) is 5.75 Å². The quantitative estimate of drug-likeness (QED) is 0.481. The lowest BCUT2D eigenvalue weighted by Gasteiger charge is -2.13. The minimum atomic E-state index is -5.28. The van der Waals surface area contributed by atoms with Crippen LogP contribution in [0.1, 0.15) is 22.8 Å². The normalized spacial score (nSPS) is 10.6. The average molecular weight is 304 g/mol. The predicted octanol–water partition coefficient (Wildman–Crippen LogP) is 2.54. The van der Waals surface area contributed by atoms with E-state index in [1.807, 2.05) is 0 Å². The molecule has 0 heterocycles. The Kier molecular flexibility index (Phi) is 4.70. The maximum atomic E-state index is 12.4. The lowest BCUT2D eigenvalue weighted by atomic mass is 10.1. The lowest BCUT2D eigenvalue weighted by molar-refractivity contribution is -0.389. The van der Waals surface area contributed by atoms with Crippen LogP contribution in [0.15, 0.2) is 12.1 Å². The molecule has 0 radical (unpaired) electrons. The smallest absolute Gasteiger partial charge is 0.462 e. The molecule has 1 aromatic carbocycles. The van der Waals surface area contributed by atoms with Crippen molar-refractivity contribution in [2.24, 2.45) is 0 Å². The van der Waals surface area contributed by atoms with Crippen LogP contribution in [-0.4, -0.2) is 23.9 Å². The van der Waals surface area contributed by atoms with Crippen molar-refractivity contribution in [1.29, 1.82) is 5.26 Å². The van der Waals surface area contributed by atoms with Crippen molar-refractivity contribution in [3.8, 4) is 11.8 Å². The van der Waals surface area contributed by atoms with E-state index in [1.165, 1.54) is 13.0 Å². The first kappa shape index (κ1) is 16.2. The third kappa shape index (κ3) is 3.82. The molecule has 0 saturated heterocycles. The highest BCUT2D eigenvalue weighted by molar-refractivity contribution is 5.94. The van der Waals surface area contributed by atoms with Crippen LogP contribution in [-0.2, 0) is 4.74 Å². The molecule has 1 rings (SSSR count). The molecule has 0 amide bonds. The molecule has 0 aliphatic heterocycles. The van der Waals surface area contributed by atoms with Crippen LogP contribution in [0.3, 0.4) is 0 Å². The van der Waals surface area contributed by atoms with Crippen LogP contribution in [0.2, 0.25) is 0 Å². The molecule has 0 aliphatic rings. The summed E-state index contributed by atoms with van der Waals surface area (Å²) in [5.41, 5.74) is -2.72. The van der Waals surface area contributed by atoms with E-state index in [2.05, 4.69) is 9.47 Å². The molecule has 10 heteroatoms. The summed E-state index contributed by atoms with van der Waals surface area (Å²) < 4.78 is 45.2. The molecule has 112 valence electrons. The Balaban J connectivity index is 3.59. The van der Waals surface area contributed by atoms with Gasteiger partial charge in [-0.2, -0.15) is 5.26 Å². The van der Waals surface area contributed by atoms with Crippen LogP contribution in [0.5, 0.6) is 5.75 Å². The Morgan fingerprint density at radius 3 is 2.52 bits per heavy atom. The molecule has 1 aromatic rings. The third-order valence-electron chi connectivity index (χ3n) is 2.15. The molecule has 0 bridgehead atoms. The molecule has 0 aromatic heterocycles. The van der Waals surface area contributed by atoms with Crippen molar-refractivity contribution in [2.75, 3.05) is 6.61 Å². The first-order chi connectivity index (χ1) is 9.71. The van der Waals surface area contributed by atoms with Crippen molar-refractivity contribution >= 4 is 11.7 Å². The number of nitrogens with zero attached hydrogens (tertiary/aromatic N) is 2. The van der Waals surface area contributed by atoms with Gasteiger partial charge in [0.1, 0.15) is 17.2 Å². The molecule has 0 saturated carbocycles. The molecule has 0 fully saturated rings. The number of nitro groups is 1. The largest absolute Gasteiger partial charge is 0.573 e. The number of hydrogen-bond acceptors (Lipinski definition) is 6. The van der Waals surface area contributed by atoms with E-state index in [9.17, 15) is 28.1 Å². The van der Waals surface area contributed by atoms with Crippen LogP contribution < -0.4 is 4.74 Å². The monoisotopic (exact) mass is 304 g/mol. The zero-order valence-corrected chi connectivity index (χ0v) is 10.4. The molecule has 0 atom stereocenters. The van der Waals surface area contributed by atoms with Gasteiger partial charge in [-0.1, -0.05) is 0 Å². The zero-order chi connectivity index (χ0) is 16.2. The fourth-order valence-electron chi connectivity index (χ4n) is 1.43. The van der Waals surface area contributed by atoms with Crippen molar-refractivity contribution in [1.82, 2.24) is 0 Å². The van der Waals surface area contributed by atoms with E-state index in [1.54, 1.807) is 0 Å². The van der Waals surface area contributed by atoms with Crippen LogP contribution in [0.25, 0.3) is 0 Å². The SMILES string of the molecule is CCOC(=O)c1ccc(C#N)c([N+](=O)[O-])c1OC(F)(F)F. The van der Waals surface area contributed by atoms with Gasteiger partial charge in [-0.05, 0) is 19.1 Å².